The monoisotopic (exact) mass is 429 g/mol. The normalized spacial score (nSPS) is 15.5. The molecule has 0 spiro atoms. The van der Waals surface area contributed by atoms with E-state index in [0.717, 1.165) is 30.6 Å². The number of halogens is 2. The number of benzene rings is 1. The molecule has 152 valence electrons. The maximum atomic E-state index is 12.6. The van der Waals surface area contributed by atoms with Crippen molar-refractivity contribution >= 4 is 32.8 Å². The lowest BCUT2D eigenvalue weighted by atomic mass is 10.0. The molecule has 0 aliphatic heterocycles. The van der Waals surface area contributed by atoms with Gasteiger partial charge >= 0.3 is 6.61 Å². The predicted octanol–water partition coefficient (Wildman–Crippen LogP) is 4.85. The number of hydrogen-bond donors (Lipinski definition) is 1. The number of carbonyl (C=O) groups excluding carboxylic acids is 1. The van der Waals surface area contributed by atoms with E-state index in [9.17, 15) is 22.0 Å². The Bertz CT molecular complexity index is 922. The molecule has 1 heterocycles. The lowest BCUT2D eigenvalue weighted by molar-refractivity contribution is -0.0498. The van der Waals surface area contributed by atoms with Gasteiger partial charge in [0.05, 0.1) is 11.0 Å². The second-order valence-electron chi connectivity index (χ2n) is 6.71. The molecular weight excluding hydrogens is 408 g/mol. The number of amides is 1. The largest absolute Gasteiger partial charge is 0.433 e. The lowest BCUT2D eigenvalue weighted by Gasteiger charge is -2.21. The molecule has 1 aromatic heterocycles. The topological polar surface area (TPSA) is 72.5 Å². The minimum Gasteiger partial charge on any atom is -0.433 e. The van der Waals surface area contributed by atoms with Crippen LogP contribution < -0.4 is 10.1 Å². The molecule has 0 bridgehead atoms. The highest BCUT2D eigenvalue weighted by Crippen LogP contribution is 2.29. The molecule has 28 heavy (non-hydrogen) atoms. The van der Waals surface area contributed by atoms with Gasteiger partial charge in [0.25, 0.3) is 5.91 Å². The zero-order chi connectivity index (χ0) is 20.1. The number of hydrogen-bond acceptors (Lipinski definition) is 5. The van der Waals surface area contributed by atoms with Crippen molar-refractivity contribution in [2.45, 2.75) is 49.7 Å². The van der Waals surface area contributed by atoms with Gasteiger partial charge in [0.1, 0.15) is 10.6 Å². The van der Waals surface area contributed by atoms with Crippen LogP contribution in [0.25, 0.3) is 0 Å². The Hall–Kier alpha value is -2.00. The predicted molar refractivity (Wildman–Crippen MR) is 105 cm³/mol. The van der Waals surface area contributed by atoms with Crippen LogP contribution >= 0.6 is 11.3 Å². The van der Waals surface area contributed by atoms with Crippen LogP contribution in [-0.4, -0.2) is 26.2 Å². The van der Waals surface area contributed by atoms with Gasteiger partial charge in [-0.2, -0.15) is 8.78 Å². The fourth-order valence-electron chi connectivity index (χ4n) is 3.35. The van der Waals surface area contributed by atoms with Gasteiger partial charge in [0.15, 0.2) is 9.84 Å². The molecule has 0 radical (unpaired) electrons. The zero-order valence-electron chi connectivity index (χ0n) is 15.1. The van der Waals surface area contributed by atoms with Gasteiger partial charge in [0.2, 0.25) is 0 Å². The third-order valence-corrected chi connectivity index (χ3v) is 7.78. The van der Waals surface area contributed by atoms with Gasteiger partial charge in [-0.1, -0.05) is 31.4 Å². The highest BCUT2D eigenvalue weighted by Gasteiger charge is 2.27. The van der Waals surface area contributed by atoms with Crippen LogP contribution in [0.1, 0.15) is 47.3 Å². The van der Waals surface area contributed by atoms with E-state index in [-0.39, 0.29) is 21.6 Å². The fourth-order valence-corrected chi connectivity index (χ4v) is 6.00. The van der Waals surface area contributed by atoms with Crippen LogP contribution in [-0.2, 0) is 15.6 Å². The summed E-state index contributed by atoms with van der Waals surface area (Å²) in [6, 6.07) is 7.88. The van der Waals surface area contributed by atoms with Crippen molar-refractivity contribution in [3.63, 3.8) is 0 Å². The fraction of sp³-hybridized carbons (Fsp3) is 0.421. The van der Waals surface area contributed by atoms with Crippen LogP contribution in [0.5, 0.6) is 5.75 Å². The molecular formula is C19H21F2NO4S2. The first-order valence-corrected chi connectivity index (χ1v) is 11.6. The van der Waals surface area contributed by atoms with Crippen LogP contribution in [0, 0.1) is 0 Å². The first kappa shape index (κ1) is 20.7. The molecule has 1 fully saturated rings. The maximum absolute atomic E-state index is 12.6. The summed E-state index contributed by atoms with van der Waals surface area (Å²) in [7, 11) is -3.26. The Labute approximate surface area is 166 Å². The van der Waals surface area contributed by atoms with Crippen LogP contribution in [0.15, 0.2) is 35.7 Å². The standard InChI is InChI=1S/C19H21F2NO4S2/c20-19(21)26-16-9-10-27-17(16)18(23)22-14-6-4-5-13(11-14)12-28(24,25)15-7-2-1-3-8-15/h4-6,9-11,15,19H,1-3,7-8,12H2,(H,22,23). The van der Waals surface area contributed by atoms with Crippen molar-refractivity contribution in [1.29, 1.82) is 0 Å². The second-order valence-corrected chi connectivity index (χ2v) is 9.91. The van der Waals surface area contributed by atoms with Crippen LogP contribution in [0.4, 0.5) is 14.5 Å². The number of anilines is 1. The average molecular weight is 430 g/mol. The van der Waals surface area contributed by atoms with E-state index in [0.29, 0.717) is 24.1 Å². The van der Waals surface area contributed by atoms with E-state index in [4.69, 9.17) is 0 Å². The molecule has 0 atom stereocenters. The lowest BCUT2D eigenvalue weighted by Crippen LogP contribution is -2.25. The van der Waals surface area contributed by atoms with Crippen molar-refractivity contribution in [1.82, 2.24) is 0 Å². The first-order valence-electron chi connectivity index (χ1n) is 8.99. The van der Waals surface area contributed by atoms with Gasteiger partial charge in [-0.15, -0.1) is 11.3 Å². The summed E-state index contributed by atoms with van der Waals surface area (Å²) >= 11 is 0.986. The smallest absolute Gasteiger partial charge is 0.387 e. The Balaban J connectivity index is 1.70. The highest BCUT2D eigenvalue weighted by atomic mass is 32.2. The zero-order valence-corrected chi connectivity index (χ0v) is 16.7. The molecule has 0 saturated heterocycles. The van der Waals surface area contributed by atoms with E-state index in [1.54, 1.807) is 24.3 Å². The molecule has 1 aromatic carbocycles. The number of nitrogens with one attached hydrogen (secondary N) is 1. The van der Waals surface area contributed by atoms with E-state index < -0.39 is 22.4 Å². The summed E-state index contributed by atoms with van der Waals surface area (Å²) in [5.74, 6) is -0.855. The van der Waals surface area contributed by atoms with E-state index in [2.05, 4.69) is 10.1 Å². The minimum absolute atomic E-state index is 0.0283. The Kier molecular flexibility index (Phi) is 6.66. The van der Waals surface area contributed by atoms with Gasteiger partial charge in [0, 0.05) is 5.69 Å². The second kappa shape index (κ2) is 9.00. The summed E-state index contributed by atoms with van der Waals surface area (Å²) in [4.78, 5) is 12.4. The van der Waals surface area contributed by atoms with E-state index >= 15 is 0 Å². The van der Waals surface area contributed by atoms with Crippen molar-refractivity contribution < 1.29 is 26.7 Å². The van der Waals surface area contributed by atoms with Gasteiger partial charge in [-0.3, -0.25) is 4.79 Å². The van der Waals surface area contributed by atoms with Crippen LogP contribution in [0.2, 0.25) is 0 Å². The van der Waals surface area contributed by atoms with Gasteiger partial charge in [-0.25, -0.2) is 8.42 Å². The Morgan fingerprint density at radius 2 is 1.96 bits per heavy atom. The Morgan fingerprint density at radius 1 is 1.21 bits per heavy atom. The number of ether oxygens (including phenoxy) is 1. The van der Waals surface area contributed by atoms with Crippen molar-refractivity contribution in [2.24, 2.45) is 0 Å². The number of alkyl halides is 2. The summed E-state index contributed by atoms with van der Waals surface area (Å²) in [6.07, 6.45) is 4.34. The number of carbonyl (C=O) groups is 1. The van der Waals surface area contributed by atoms with Gasteiger partial charge < -0.3 is 10.1 Å². The summed E-state index contributed by atoms with van der Waals surface area (Å²) in [5.41, 5.74) is 0.983. The molecule has 9 heteroatoms. The number of sulfone groups is 1. The summed E-state index contributed by atoms with van der Waals surface area (Å²) < 4.78 is 54.5. The Morgan fingerprint density at radius 3 is 2.68 bits per heavy atom. The quantitative estimate of drug-likeness (QED) is 0.683. The van der Waals surface area contributed by atoms with E-state index in [1.807, 2.05) is 0 Å². The van der Waals surface area contributed by atoms with Gasteiger partial charge in [-0.05, 0) is 42.0 Å². The maximum Gasteiger partial charge on any atom is 0.387 e. The molecule has 1 amide bonds. The van der Waals surface area contributed by atoms with Crippen molar-refractivity contribution in [2.75, 3.05) is 5.32 Å². The molecule has 2 aromatic rings. The molecule has 1 saturated carbocycles. The minimum atomic E-state index is -3.26. The third-order valence-electron chi connectivity index (χ3n) is 4.66. The van der Waals surface area contributed by atoms with Crippen molar-refractivity contribution in [3.05, 3.63) is 46.2 Å². The average Bonchev–Trinajstić information content (AvgIpc) is 3.10. The molecule has 3 rings (SSSR count). The van der Waals surface area contributed by atoms with Crippen LogP contribution in [0.3, 0.4) is 0 Å². The van der Waals surface area contributed by atoms with Crippen molar-refractivity contribution in [3.8, 4) is 5.75 Å². The molecule has 1 aliphatic carbocycles. The number of thiophene rings is 1. The highest BCUT2D eigenvalue weighted by molar-refractivity contribution is 7.91. The molecule has 1 N–H and O–H groups in total. The summed E-state index contributed by atoms with van der Waals surface area (Å²) in [6.45, 7) is -3.02. The first-order chi connectivity index (χ1) is 13.3. The molecule has 5 nitrogen and oxygen atoms in total. The SMILES string of the molecule is O=C(Nc1cccc(CS(=O)(=O)C2CCCCC2)c1)c1sccc1OC(F)F. The summed E-state index contributed by atoms with van der Waals surface area (Å²) in [5, 5.41) is 3.80. The number of rotatable bonds is 7. The van der Waals surface area contributed by atoms with E-state index in [1.165, 1.54) is 11.4 Å². The molecule has 1 aliphatic rings. The third kappa shape index (κ3) is 5.29. The molecule has 0 unspecified atom stereocenters.